The van der Waals surface area contributed by atoms with Gasteiger partial charge in [-0.1, -0.05) is 121 Å². The molecule has 0 amide bonds. The summed E-state index contributed by atoms with van der Waals surface area (Å²) in [7, 11) is 0. The van der Waals surface area contributed by atoms with Crippen LogP contribution in [0.4, 0.5) is 0 Å². The predicted molar refractivity (Wildman–Crippen MR) is 199 cm³/mol. The Morgan fingerprint density at radius 2 is 1.08 bits per heavy atom. The maximum Gasteiger partial charge on any atom is 0.235 e. The number of hydrogen-bond donors (Lipinski definition) is 0. The van der Waals surface area contributed by atoms with E-state index in [0.29, 0.717) is 5.95 Å². The zero-order valence-electron chi connectivity index (χ0n) is 26.0. The predicted octanol–water partition coefficient (Wildman–Crippen LogP) is 11.2. The van der Waals surface area contributed by atoms with Crippen LogP contribution in [0.3, 0.4) is 0 Å². The Hall–Kier alpha value is -6.52. The summed E-state index contributed by atoms with van der Waals surface area (Å²) in [4.78, 5) is 10.5. The fourth-order valence-electron chi connectivity index (χ4n) is 7.38. The molecule has 0 N–H and O–H groups in total. The molecule has 10 rings (SSSR count). The van der Waals surface area contributed by atoms with Crippen molar-refractivity contribution in [1.82, 2.24) is 19.1 Å². The van der Waals surface area contributed by atoms with E-state index in [0.717, 1.165) is 38.9 Å². The minimum Gasteiger partial charge on any atom is -0.317 e. The average Bonchev–Trinajstić information content (AvgIpc) is 3.74. The molecule has 7 aromatic carbocycles. The number of para-hydroxylation sites is 3. The van der Waals surface area contributed by atoms with Gasteiger partial charge >= 0.3 is 0 Å². The van der Waals surface area contributed by atoms with Crippen LogP contribution < -0.4 is 0 Å². The third kappa shape index (κ3) is 4.03. The van der Waals surface area contributed by atoms with Crippen LogP contribution >= 0.6 is 0 Å². The van der Waals surface area contributed by atoms with E-state index in [1.165, 1.54) is 43.6 Å². The lowest BCUT2D eigenvalue weighted by Gasteiger charge is -2.13. The van der Waals surface area contributed by atoms with Crippen LogP contribution in [0.15, 0.2) is 170 Å². The normalized spacial score (nSPS) is 11.8. The molecule has 0 spiro atoms. The summed E-state index contributed by atoms with van der Waals surface area (Å²) >= 11 is 0. The molecule has 10 aromatic rings. The highest BCUT2D eigenvalue weighted by molar-refractivity contribution is 6.21. The average molecular weight is 613 g/mol. The molecule has 48 heavy (non-hydrogen) atoms. The molecule has 224 valence electrons. The lowest BCUT2D eigenvalue weighted by Crippen LogP contribution is -2.03. The van der Waals surface area contributed by atoms with E-state index in [9.17, 15) is 0 Å². The van der Waals surface area contributed by atoms with Gasteiger partial charge in [0.05, 0.1) is 27.8 Å². The van der Waals surface area contributed by atoms with E-state index < -0.39 is 0 Å². The summed E-state index contributed by atoms with van der Waals surface area (Å²) in [6.07, 6.45) is 2.16. The van der Waals surface area contributed by atoms with Crippen LogP contribution in [0.25, 0.3) is 88.4 Å². The molecule has 0 bridgehead atoms. The first-order valence-corrected chi connectivity index (χ1v) is 16.3. The van der Waals surface area contributed by atoms with Gasteiger partial charge in [-0.15, -0.1) is 0 Å². The van der Waals surface area contributed by atoms with Crippen molar-refractivity contribution in [2.75, 3.05) is 0 Å². The molecule has 3 aromatic heterocycles. The maximum absolute atomic E-state index is 5.35. The highest BCUT2D eigenvalue weighted by Crippen LogP contribution is 2.39. The Bertz CT molecular complexity index is 2820. The van der Waals surface area contributed by atoms with Gasteiger partial charge in [0.1, 0.15) is 0 Å². The third-order valence-corrected chi connectivity index (χ3v) is 9.59. The van der Waals surface area contributed by atoms with Gasteiger partial charge in [-0.05, 0) is 64.4 Å². The first kappa shape index (κ1) is 26.7. The van der Waals surface area contributed by atoms with Crippen molar-refractivity contribution in [3.63, 3.8) is 0 Å². The number of rotatable bonds is 4. The smallest absolute Gasteiger partial charge is 0.235 e. The van der Waals surface area contributed by atoms with E-state index in [1.807, 2.05) is 6.07 Å². The van der Waals surface area contributed by atoms with Gasteiger partial charge in [0.15, 0.2) is 0 Å². The van der Waals surface area contributed by atoms with Crippen LogP contribution in [0.5, 0.6) is 0 Å². The fraction of sp³-hybridized carbons (Fsp3) is 0. The minimum absolute atomic E-state index is 0.662. The molecule has 4 nitrogen and oxygen atoms in total. The van der Waals surface area contributed by atoms with Crippen LogP contribution in [-0.4, -0.2) is 19.1 Å². The molecule has 0 unspecified atom stereocenters. The molecule has 0 aliphatic rings. The standard InChI is InChI=1S/C44H28N4/c1-2-13-32(14-3-1)47-28-27-37-39(47)25-26-41-42(37)36-17-7-9-20-40(36)48(41)44-45-38-19-8-6-16-35(38)43(46-44)31-23-21-30(22-24-31)34-18-10-12-29-11-4-5-15-33(29)34/h1-28H. The Balaban J connectivity index is 1.18. The highest BCUT2D eigenvalue weighted by Gasteiger charge is 2.20. The second kappa shape index (κ2) is 10.5. The monoisotopic (exact) mass is 612 g/mol. The van der Waals surface area contributed by atoms with Gasteiger partial charge in [-0.3, -0.25) is 4.57 Å². The Labute approximate surface area is 276 Å². The second-order valence-corrected chi connectivity index (χ2v) is 12.3. The van der Waals surface area contributed by atoms with Crippen LogP contribution in [0.1, 0.15) is 0 Å². The minimum atomic E-state index is 0.662. The topological polar surface area (TPSA) is 35.6 Å². The summed E-state index contributed by atoms with van der Waals surface area (Å²) in [5.41, 5.74) is 9.78. The molecule has 0 fully saturated rings. The summed E-state index contributed by atoms with van der Waals surface area (Å²) in [6.45, 7) is 0. The summed E-state index contributed by atoms with van der Waals surface area (Å²) in [5.74, 6) is 0.662. The molecule has 0 saturated heterocycles. The SMILES string of the molecule is c1ccc(-n2ccc3c4c5ccccc5n(-c5nc(-c6ccc(-c7cccc8ccccc78)cc6)c6ccccc6n5)c4ccc32)cc1. The molecule has 0 saturated carbocycles. The fourth-order valence-corrected chi connectivity index (χ4v) is 7.38. The van der Waals surface area contributed by atoms with Crippen molar-refractivity contribution in [1.29, 1.82) is 0 Å². The number of fused-ring (bicyclic) bond motifs is 7. The molecule has 4 heteroatoms. The highest BCUT2D eigenvalue weighted by atomic mass is 15.2. The van der Waals surface area contributed by atoms with E-state index in [2.05, 4.69) is 173 Å². The van der Waals surface area contributed by atoms with Crippen molar-refractivity contribution in [2.45, 2.75) is 0 Å². The van der Waals surface area contributed by atoms with Gasteiger partial charge in [0.25, 0.3) is 0 Å². The lowest BCUT2D eigenvalue weighted by atomic mass is 9.96. The summed E-state index contributed by atoms with van der Waals surface area (Å²) in [6, 6.07) is 57.9. The van der Waals surface area contributed by atoms with Crippen molar-refractivity contribution >= 4 is 54.4 Å². The van der Waals surface area contributed by atoms with Gasteiger partial charge in [-0.25, -0.2) is 9.97 Å². The molecule has 0 aliphatic heterocycles. The number of benzene rings is 7. The zero-order chi connectivity index (χ0) is 31.6. The molecule has 0 radical (unpaired) electrons. The van der Waals surface area contributed by atoms with Gasteiger partial charge < -0.3 is 4.57 Å². The second-order valence-electron chi connectivity index (χ2n) is 12.3. The first-order valence-electron chi connectivity index (χ1n) is 16.3. The molecular formula is C44H28N4. The quantitative estimate of drug-likeness (QED) is 0.198. The van der Waals surface area contributed by atoms with Crippen LogP contribution in [0.2, 0.25) is 0 Å². The van der Waals surface area contributed by atoms with E-state index >= 15 is 0 Å². The van der Waals surface area contributed by atoms with Crippen molar-refractivity contribution < 1.29 is 0 Å². The van der Waals surface area contributed by atoms with Crippen molar-refractivity contribution in [3.05, 3.63) is 170 Å². The van der Waals surface area contributed by atoms with E-state index in [-0.39, 0.29) is 0 Å². The van der Waals surface area contributed by atoms with Crippen LogP contribution in [-0.2, 0) is 0 Å². The molecule has 0 aliphatic carbocycles. The summed E-state index contributed by atoms with van der Waals surface area (Å²) in [5, 5.41) is 7.11. The zero-order valence-corrected chi connectivity index (χ0v) is 26.0. The molecular weight excluding hydrogens is 585 g/mol. The Kier molecular flexibility index (Phi) is 5.84. The van der Waals surface area contributed by atoms with E-state index in [4.69, 9.17) is 9.97 Å². The van der Waals surface area contributed by atoms with Gasteiger partial charge in [-0.2, -0.15) is 0 Å². The number of nitrogens with zero attached hydrogens (tertiary/aromatic N) is 4. The Morgan fingerprint density at radius 3 is 1.96 bits per heavy atom. The van der Waals surface area contributed by atoms with E-state index in [1.54, 1.807) is 0 Å². The number of aromatic nitrogens is 4. The van der Waals surface area contributed by atoms with Crippen molar-refractivity contribution in [2.24, 2.45) is 0 Å². The molecule has 3 heterocycles. The third-order valence-electron chi connectivity index (χ3n) is 9.59. The lowest BCUT2D eigenvalue weighted by molar-refractivity contribution is 1.01. The maximum atomic E-state index is 5.35. The van der Waals surface area contributed by atoms with Crippen LogP contribution in [0, 0.1) is 0 Å². The van der Waals surface area contributed by atoms with Gasteiger partial charge in [0.2, 0.25) is 5.95 Å². The van der Waals surface area contributed by atoms with Crippen molar-refractivity contribution in [3.8, 4) is 34.0 Å². The van der Waals surface area contributed by atoms with Gasteiger partial charge in [0, 0.05) is 39.0 Å². The molecule has 0 atom stereocenters. The first-order chi connectivity index (χ1) is 23.8. The number of hydrogen-bond acceptors (Lipinski definition) is 2. The largest absolute Gasteiger partial charge is 0.317 e. The summed E-state index contributed by atoms with van der Waals surface area (Å²) < 4.78 is 4.48. The Morgan fingerprint density at radius 1 is 0.417 bits per heavy atom.